The molecule has 2 heterocycles. The number of fused-ring (bicyclic) bond motifs is 1. The monoisotopic (exact) mass is 287 g/mol. The molecule has 1 N–H and O–H groups in total. The van der Waals surface area contributed by atoms with E-state index in [9.17, 15) is 9.90 Å². The molecule has 0 saturated heterocycles. The molecule has 0 saturated carbocycles. The lowest BCUT2D eigenvalue weighted by Crippen LogP contribution is -2.34. The number of ether oxygens (including phenoxy) is 2. The van der Waals surface area contributed by atoms with Crippen molar-refractivity contribution in [2.24, 2.45) is 0 Å². The number of carbonyl (C=O) groups is 1. The predicted molar refractivity (Wildman–Crippen MR) is 74.6 cm³/mol. The second kappa shape index (κ2) is 4.77. The average molecular weight is 287 g/mol. The van der Waals surface area contributed by atoms with Crippen molar-refractivity contribution in [3.63, 3.8) is 0 Å². The Morgan fingerprint density at radius 2 is 2.00 bits per heavy atom. The van der Waals surface area contributed by atoms with Crippen LogP contribution in [0.25, 0.3) is 0 Å². The molecule has 4 rings (SSSR count). The summed E-state index contributed by atoms with van der Waals surface area (Å²) >= 11 is 0. The van der Waals surface area contributed by atoms with Gasteiger partial charge in [-0.3, -0.25) is 4.79 Å². The van der Waals surface area contributed by atoms with Crippen LogP contribution in [-0.2, 0) is 11.3 Å². The predicted octanol–water partition coefficient (Wildman–Crippen LogP) is 1.95. The van der Waals surface area contributed by atoms with E-state index >= 15 is 0 Å². The molecule has 3 aliphatic rings. The molecule has 110 valence electrons. The number of rotatable bonds is 2. The first-order chi connectivity index (χ1) is 10.2. The van der Waals surface area contributed by atoms with Gasteiger partial charge >= 0.3 is 0 Å². The molecule has 2 aliphatic heterocycles. The standard InChI is InChI=1S/C16H17NO4/c18-15-11-3-1-2-4-12(11)16(19)17(15)8-10-5-6-13-14(7-10)21-9-20-13/h5-7,15,18H,1-4,8-9H2/t15-/m1/s1. The zero-order chi connectivity index (χ0) is 14.4. The maximum Gasteiger partial charge on any atom is 0.252 e. The highest BCUT2D eigenvalue weighted by Crippen LogP contribution is 2.37. The van der Waals surface area contributed by atoms with Gasteiger partial charge in [-0.2, -0.15) is 0 Å². The Kier molecular flexibility index (Phi) is 2.89. The third-order valence-corrected chi connectivity index (χ3v) is 4.43. The van der Waals surface area contributed by atoms with E-state index in [-0.39, 0.29) is 12.7 Å². The van der Waals surface area contributed by atoms with Crippen LogP contribution in [0.1, 0.15) is 31.2 Å². The van der Waals surface area contributed by atoms with E-state index in [0.29, 0.717) is 12.3 Å². The summed E-state index contributed by atoms with van der Waals surface area (Å²) in [6.07, 6.45) is 2.96. The van der Waals surface area contributed by atoms with Gasteiger partial charge in [0.15, 0.2) is 17.7 Å². The highest BCUT2D eigenvalue weighted by atomic mass is 16.7. The van der Waals surface area contributed by atoms with Crippen LogP contribution in [0.3, 0.4) is 0 Å². The first-order valence-electron chi connectivity index (χ1n) is 7.33. The Morgan fingerprint density at radius 1 is 1.19 bits per heavy atom. The van der Waals surface area contributed by atoms with Crippen molar-refractivity contribution in [3.8, 4) is 11.5 Å². The van der Waals surface area contributed by atoms with Crippen molar-refractivity contribution < 1.29 is 19.4 Å². The smallest absolute Gasteiger partial charge is 0.252 e. The van der Waals surface area contributed by atoms with Crippen LogP contribution in [0.2, 0.25) is 0 Å². The van der Waals surface area contributed by atoms with Crippen LogP contribution in [-0.4, -0.2) is 28.9 Å². The van der Waals surface area contributed by atoms with Gasteiger partial charge in [0.1, 0.15) is 0 Å². The van der Waals surface area contributed by atoms with Gasteiger partial charge in [0.25, 0.3) is 5.91 Å². The molecule has 0 unspecified atom stereocenters. The Morgan fingerprint density at radius 3 is 2.86 bits per heavy atom. The van der Waals surface area contributed by atoms with Crippen LogP contribution in [0.5, 0.6) is 11.5 Å². The minimum absolute atomic E-state index is 0.0186. The van der Waals surface area contributed by atoms with E-state index < -0.39 is 6.23 Å². The van der Waals surface area contributed by atoms with E-state index in [2.05, 4.69) is 0 Å². The molecular weight excluding hydrogens is 270 g/mol. The fraction of sp³-hybridized carbons (Fsp3) is 0.438. The van der Waals surface area contributed by atoms with Gasteiger partial charge in [-0.1, -0.05) is 6.07 Å². The van der Waals surface area contributed by atoms with Gasteiger partial charge < -0.3 is 19.5 Å². The van der Waals surface area contributed by atoms with Crippen LogP contribution in [0, 0.1) is 0 Å². The van der Waals surface area contributed by atoms with E-state index in [1.807, 2.05) is 18.2 Å². The largest absolute Gasteiger partial charge is 0.454 e. The lowest BCUT2D eigenvalue weighted by Gasteiger charge is -2.22. The lowest BCUT2D eigenvalue weighted by molar-refractivity contribution is -0.132. The zero-order valence-corrected chi connectivity index (χ0v) is 11.7. The van der Waals surface area contributed by atoms with Crippen molar-refractivity contribution >= 4 is 5.91 Å². The molecule has 21 heavy (non-hydrogen) atoms. The number of hydrogen-bond acceptors (Lipinski definition) is 4. The Hall–Kier alpha value is -2.01. The minimum atomic E-state index is -0.766. The second-order valence-corrected chi connectivity index (χ2v) is 5.71. The summed E-state index contributed by atoms with van der Waals surface area (Å²) in [7, 11) is 0. The van der Waals surface area contributed by atoms with Gasteiger partial charge in [-0.25, -0.2) is 0 Å². The highest BCUT2D eigenvalue weighted by Gasteiger charge is 2.38. The van der Waals surface area contributed by atoms with Crippen molar-refractivity contribution in [1.82, 2.24) is 4.90 Å². The quantitative estimate of drug-likeness (QED) is 0.903. The molecule has 1 atom stereocenters. The van der Waals surface area contributed by atoms with E-state index in [0.717, 1.165) is 48.1 Å². The van der Waals surface area contributed by atoms with Crippen LogP contribution < -0.4 is 9.47 Å². The van der Waals surface area contributed by atoms with Crippen LogP contribution in [0.15, 0.2) is 29.3 Å². The molecule has 1 aromatic rings. The van der Waals surface area contributed by atoms with Gasteiger partial charge in [0.2, 0.25) is 6.79 Å². The Balaban J connectivity index is 1.57. The number of benzene rings is 1. The van der Waals surface area contributed by atoms with E-state index in [1.54, 1.807) is 4.90 Å². The zero-order valence-electron chi connectivity index (χ0n) is 11.7. The molecule has 0 fully saturated rings. The molecule has 1 amide bonds. The molecule has 0 aromatic heterocycles. The summed E-state index contributed by atoms with van der Waals surface area (Å²) in [6.45, 7) is 0.629. The Labute approximate surface area is 122 Å². The number of carbonyl (C=O) groups excluding carboxylic acids is 1. The number of aliphatic hydroxyl groups is 1. The maximum absolute atomic E-state index is 12.4. The summed E-state index contributed by atoms with van der Waals surface area (Å²) in [5.41, 5.74) is 2.69. The van der Waals surface area contributed by atoms with Crippen LogP contribution >= 0.6 is 0 Å². The summed E-state index contributed by atoms with van der Waals surface area (Å²) in [4.78, 5) is 14.0. The summed E-state index contributed by atoms with van der Waals surface area (Å²) in [5.74, 6) is 1.41. The van der Waals surface area contributed by atoms with Gasteiger partial charge in [0, 0.05) is 12.1 Å². The number of hydrogen-bond donors (Lipinski definition) is 1. The first kappa shape index (κ1) is 12.7. The van der Waals surface area contributed by atoms with E-state index in [4.69, 9.17) is 9.47 Å². The highest BCUT2D eigenvalue weighted by molar-refractivity contribution is 5.97. The maximum atomic E-state index is 12.4. The third kappa shape index (κ3) is 2.00. The Bertz CT molecular complexity index is 637. The molecular formula is C16H17NO4. The fourth-order valence-corrected chi connectivity index (χ4v) is 3.32. The van der Waals surface area contributed by atoms with Crippen LogP contribution in [0.4, 0.5) is 0 Å². The van der Waals surface area contributed by atoms with Gasteiger partial charge in [-0.05, 0) is 49.0 Å². The first-order valence-corrected chi connectivity index (χ1v) is 7.33. The average Bonchev–Trinajstić information content (AvgIpc) is 3.06. The SMILES string of the molecule is O=C1C2=C(CCCC2)[C@@H](O)N1Cc1ccc2c(c1)OCO2. The molecule has 0 radical (unpaired) electrons. The number of nitrogens with zero attached hydrogens (tertiary/aromatic N) is 1. The fourth-order valence-electron chi connectivity index (χ4n) is 3.32. The topological polar surface area (TPSA) is 59.0 Å². The van der Waals surface area contributed by atoms with Crippen molar-refractivity contribution in [2.75, 3.05) is 6.79 Å². The van der Waals surface area contributed by atoms with E-state index in [1.165, 1.54) is 0 Å². The minimum Gasteiger partial charge on any atom is -0.454 e. The normalized spacial score (nSPS) is 23.8. The summed E-state index contributed by atoms with van der Waals surface area (Å²) in [6, 6.07) is 5.63. The number of amides is 1. The van der Waals surface area contributed by atoms with Gasteiger partial charge in [-0.15, -0.1) is 0 Å². The van der Waals surface area contributed by atoms with Crippen molar-refractivity contribution in [2.45, 2.75) is 38.5 Å². The second-order valence-electron chi connectivity index (χ2n) is 5.71. The summed E-state index contributed by atoms with van der Waals surface area (Å²) in [5, 5.41) is 10.4. The van der Waals surface area contributed by atoms with Crippen molar-refractivity contribution in [1.29, 1.82) is 0 Å². The summed E-state index contributed by atoms with van der Waals surface area (Å²) < 4.78 is 10.6. The molecule has 0 bridgehead atoms. The molecule has 5 heteroatoms. The molecule has 5 nitrogen and oxygen atoms in total. The van der Waals surface area contributed by atoms with Gasteiger partial charge in [0.05, 0.1) is 0 Å². The number of aliphatic hydroxyl groups excluding tert-OH is 1. The molecule has 1 aliphatic carbocycles. The third-order valence-electron chi connectivity index (χ3n) is 4.43. The molecule has 0 spiro atoms. The van der Waals surface area contributed by atoms with Crippen molar-refractivity contribution in [3.05, 3.63) is 34.9 Å². The lowest BCUT2D eigenvalue weighted by atomic mass is 9.93. The molecule has 1 aromatic carbocycles.